The predicted molar refractivity (Wildman–Crippen MR) is 164 cm³/mol. The average Bonchev–Trinajstić information content (AvgIpc) is 3.86. The number of rotatable bonds is 7. The molecule has 10 nitrogen and oxygen atoms in total. The first-order chi connectivity index (χ1) is 21.0. The van der Waals surface area contributed by atoms with Gasteiger partial charge in [0.15, 0.2) is 5.82 Å². The SMILES string of the molecule is COc1cc(C(=O)N2CC3CCC2C3N)cc2nc(-c3cc4ccc(-c5cnn(C6CC6)c5)nc4n3CC3CC3)n(C)c12. The Bertz CT molecular complexity index is 1930. The zero-order valence-corrected chi connectivity index (χ0v) is 24.6. The van der Waals surface area contributed by atoms with Crippen LogP contribution in [-0.2, 0) is 13.6 Å². The number of ether oxygens (including phenoxy) is 1. The first-order valence-electron chi connectivity index (χ1n) is 15.6. The summed E-state index contributed by atoms with van der Waals surface area (Å²) in [5, 5.41) is 5.68. The van der Waals surface area contributed by atoms with Gasteiger partial charge in [0.2, 0.25) is 0 Å². The van der Waals surface area contributed by atoms with Crippen molar-refractivity contribution in [3.8, 4) is 28.5 Å². The Balaban J connectivity index is 1.14. The molecule has 10 heteroatoms. The van der Waals surface area contributed by atoms with E-state index in [1.54, 1.807) is 7.11 Å². The molecule has 1 aliphatic heterocycles. The second-order valence-corrected chi connectivity index (χ2v) is 13.1. The molecule has 220 valence electrons. The number of nitrogens with zero attached hydrogens (tertiary/aromatic N) is 7. The molecule has 4 fully saturated rings. The van der Waals surface area contributed by atoms with E-state index in [0.29, 0.717) is 29.2 Å². The second kappa shape index (κ2) is 9.16. The van der Waals surface area contributed by atoms with E-state index in [0.717, 1.165) is 70.8 Å². The number of hydrogen-bond donors (Lipinski definition) is 1. The number of aryl methyl sites for hydroxylation is 1. The van der Waals surface area contributed by atoms with Crippen molar-refractivity contribution in [2.45, 2.75) is 63.2 Å². The molecule has 9 rings (SSSR count). The highest BCUT2D eigenvalue weighted by atomic mass is 16.5. The Labute approximate surface area is 249 Å². The Kier molecular flexibility index (Phi) is 5.40. The van der Waals surface area contributed by atoms with Crippen molar-refractivity contribution < 1.29 is 9.53 Å². The van der Waals surface area contributed by atoms with Gasteiger partial charge in [-0.2, -0.15) is 5.10 Å². The summed E-state index contributed by atoms with van der Waals surface area (Å²) >= 11 is 0. The first-order valence-corrected chi connectivity index (χ1v) is 15.6. The van der Waals surface area contributed by atoms with Crippen molar-refractivity contribution in [2.75, 3.05) is 13.7 Å². The first kappa shape index (κ1) is 25.3. The number of carbonyl (C=O) groups excluding carboxylic acids is 1. The molecule has 3 saturated carbocycles. The van der Waals surface area contributed by atoms with Crippen LogP contribution in [0.4, 0.5) is 0 Å². The number of piperidine rings is 1. The van der Waals surface area contributed by atoms with E-state index in [9.17, 15) is 4.79 Å². The van der Waals surface area contributed by atoms with Crippen LogP contribution in [0.2, 0.25) is 0 Å². The lowest BCUT2D eigenvalue weighted by Gasteiger charge is -2.27. The molecule has 3 aliphatic carbocycles. The maximum absolute atomic E-state index is 13.7. The van der Waals surface area contributed by atoms with Crippen molar-refractivity contribution in [3.05, 3.63) is 48.3 Å². The van der Waals surface area contributed by atoms with Crippen LogP contribution in [0, 0.1) is 11.8 Å². The maximum atomic E-state index is 13.7. The minimum absolute atomic E-state index is 0.0136. The third kappa shape index (κ3) is 3.95. The van der Waals surface area contributed by atoms with E-state index in [-0.39, 0.29) is 18.0 Å². The van der Waals surface area contributed by atoms with Crippen molar-refractivity contribution in [3.63, 3.8) is 0 Å². The monoisotopic (exact) mass is 576 g/mol. The fourth-order valence-electron chi connectivity index (χ4n) is 7.49. The Morgan fingerprint density at radius 3 is 2.65 bits per heavy atom. The Morgan fingerprint density at radius 2 is 1.93 bits per heavy atom. The van der Waals surface area contributed by atoms with Gasteiger partial charge in [0.05, 0.1) is 36.3 Å². The number of fused-ring (bicyclic) bond motifs is 4. The van der Waals surface area contributed by atoms with E-state index in [2.05, 4.69) is 43.3 Å². The fraction of sp³-hybridized carbons (Fsp3) is 0.455. The highest BCUT2D eigenvalue weighted by Gasteiger charge is 2.47. The quantitative estimate of drug-likeness (QED) is 0.299. The number of aromatic nitrogens is 6. The Morgan fingerprint density at radius 1 is 1.07 bits per heavy atom. The van der Waals surface area contributed by atoms with E-state index < -0.39 is 0 Å². The lowest BCUT2D eigenvalue weighted by molar-refractivity contribution is 0.0700. The fourth-order valence-corrected chi connectivity index (χ4v) is 7.49. The van der Waals surface area contributed by atoms with Gasteiger partial charge in [-0.3, -0.25) is 9.48 Å². The number of nitrogens with two attached hydrogens (primary N) is 1. The molecule has 4 aromatic heterocycles. The van der Waals surface area contributed by atoms with Gasteiger partial charge in [-0.1, -0.05) is 0 Å². The van der Waals surface area contributed by atoms with E-state index in [1.165, 1.54) is 25.7 Å². The molecule has 2 N–H and O–H groups in total. The zero-order valence-electron chi connectivity index (χ0n) is 24.6. The smallest absolute Gasteiger partial charge is 0.254 e. The molecule has 1 amide bonds. The van der Waals surface area contributed by atoms with Crippen LogP contribution >= 0.6 is 0 Å². The highest BCUT2D eigenvalue weighted by molar-refractivity contribution is 6.00. The molecule has 4 aliphatic rings. The molecule has 5 aromatic rings. The van der Waals surface area contributed by atoms with Gasteiger partial charge in [0.1, 0.15) is 16.9 Å². The molecule has 3 atom stereocenters. The van der Waals surface area contributed by atoms with Crippen LogP contribution in [0.1, 0.15) is 54.9 Å². The third-order valence-corrected chi connectivity index (χ3v) is 10.2. The van der Waals surface area contributed by atoms with Crippen molar-refractivity contribution in [1.29, 1.82) is 0 Å². The van der Waals surface area contributed by atoms with Crippen LogP contribution in [0.3, 0.4) is 0 Å². The zero-order chi connectivity index (χ0) is 29.0. The molecule has 43 heavy (non-hydrogen) atoms. The number of methoxy groups -OCH3 is 1. The summed E-state index contributed by atoms with van der Waals surface area (Å²) < 4.78 is 12.4. The standard InChI is InChI=1S/C33H36N8O2/c1-38-30-25(11-21(13-28(30)43-2)33(42)40-16-20-6-10-26(40)29(20)34)37-32(38)27-12-19-5-9-24(22-14-35-41(17-22)23-7-8-23)36-31(19)39(27)15-18-3-4-18/h5,9,11-14,17-18,20,23,26,29H,3-4,6-8,10,15-16,34H2,1-2H3. The van der Waals surface area contributed by atoms with E-state index in [1.807, 2.05) is 30.3 Å². The van der Waals surface area contributed by atoms with E-state index in [4.69, 9.17) is 20.4 Å². The lowest BCUT2D eigenvalue weighted by Crippen LogP contribution is -2.41. The number of carbonyl (C=O) groups is 1. The largest absolute Gasteiger partial charge is 0.494 e. The van der Waals surface area contributed by atoms with Gasteiger partial charge in [0, 0.05) is 54.9 Å². The van der Waals surface area contributed by atoms with Gasteiger partial charge in [0.25, 0.3) is 5.91 Å². The third-order valence-electron chi connectivity index (χ3n) is 10.2. The maximum Gasteiger partial charge on any atom is 0.254 e. The molecule has 0 radical (unpaired) electrons. The van der Waals surface area contributed by atoms with Crippen molar-refractivity contribution >= 4 is 28.0 Å². The molecular weight excluding hydrogens is 540 g/mol. The number of hydrogen-bond acceptors (Lipinski definition) is 6. The minimum Gasteiger partial charge on any atom is -0.494 e. The number of likely N-dealkylation sites (tertiary alicyclic amines) is 1. The van der Waals surface area contributed by atoms with Crippen LogP contribution in [0.25, 0.3) is 44.8 Å². The summed E-state index contributed by atoms with van der Waals surface area (Å²) in [5.41, 5.74) is 12.6. The molecule has 1 saturated heterocycles. The normalized spacial score (nSPS) is 23.2. The van der Waals surface area contributed by atoms with Crippen LogP contribution in [0.5, 0.6) is 5.75 Å². The molecule has 2 bridgehead atoms. The lowest BCUT2D eigenvalue weighted by atomic mass is 10.1. The van der Waals surface area contributed by atoms with Crippen molar-refractivity contribution in [1.82, 2.24) is 33.8 Å². The highest BCUT2D eigenvalue weighted by Crippen LogP contribution is 2.41. The topological polar surface area (TPSA) is 109 Å². The summed E-state index contributed by atoms with van der Waals surface area (Å²) in [6.45, 7) is 1.63. The van der Waals surface area contributed by atoms with Crippen LogP contribution < -0.4 is 10.5 Å². The average molecular weight is 577 g/mol. The molecular formula is C33H36N8O2. The van der Waals surface area contributed by atoms with Gasteiger partial charge >= 0.3 is 0 Å². The molecule has 0 spiro atoms. The molecule has 5 heterocycles. The molecule has 1 aromatic carbocycles. The van der Waals surface area contributed by atoms with Gasteiger partial charge in [-0.15, -0.1) is 0 Å². The summed E-state index contributed by atoms with van der Waals surface area (Å²) in [5.74, 6) is 2.54. The van der Waals surface area contributed by atoms with Crippen molar-refractivity contribution in [2.24, 2.45) is 24.6 Å². The number of benzene rings is 1. The number of pyridine rings is 1. The summed E-state index contributed by atoms with van der Waals surface area (Å²) in [6.07, 6.45) is 11.0. The summed E-state index contributed by atoms with van der Waals surface area (Å²) in [7, 11) is 3.68. The Hall–Kier alpha value is -4.18. The summed E-state index contributed by atoms with van der Waals surface area (Å²) in [6, 6.07) is 11.0. The van der Waals surface area contributed by atoms with E-state index >= 15 is 0 Å². The van der Waals surface area contributed by atoms with Crippen LogP contribution in [0.15, 0.2) is 42.7 Å². The van der Waals surface area contributed by atoms with Gasteiger partial charge in [-0.25, -0.2) is 9.97 Å². The summed E-state index contributed by atoms with van der Waals surface area (Å²) in [4.78, 5) is 26.0. The minimum atomic E-state index is 0.0136. The molecule has 3 unspecified atom stereocenters. The number of imidazole rings is 1. The predicted octanol–water partition coefficient (Wildman–Crippen LogP) is 4.77. The second-order valence-electron chi connectivity index (χ2n) is 13.1. The van der Waals surface area contributed by atoms with Gasteiger partial charge in [-0.05, 0) is 80.7 Å². The number of amides is 1. The van der Waals surface area contributed by atoms with Crippen LogP contribution in [-0.4, -0.2) is 65.4 Å². The van der Waals surface area contributed by atoms with Gasteiger partial charge < -0.3 is 24.5 Å².